The number of hydrogen-bond acceptors (Lipinski definition) is 6. The van der Waals surface area contributed by atoms with Gasteiger partial charge in [-0.2, -0.15) is 5.26 Å². The number of rotatable bonds is 9. The Morgan fingerprint density at radius 3 is 2.59 bits per heavy atom. The van der Waals surface area contributed by atoms with Gasteiger partial charge >= 0.3 is 6.03 Å². The Bertz CT molecular complexity index is 1630. The van der Waals surface area contributed by atoms with E-state index < -0.39 is 67.2 Å². The molecule has 228 valence electrons. The van der Waals surface area contributed by atoms with Crippen LogP contribution in [0.15, 0.2) is 66.9 Å². The number of aromatic nitrogens is 1. The number of halogens is 4. The third-order valence-corrected chi connectivity index (χ3v) is 7.77. The smallest absolute Gasteiger partial charge is 0.326 e. The molecule has 1 saturated carbocycles. The van der Waals surface area contributed by atoms with Crippen LogP contribution < -0.4 is 15.1 Å². The molecule has 0 spiro atoms. The number of nitriles is 1. The highest BCUT2D eigenvalue weighted by Gasteiger charge is 2.50. The summed E-state index contributed by atoms with van der Waals surface area (Å²) in [7, 11) is 0. The van der Waals surface area contributed by atoms with E-state index in [0.29, 0.717) is 0 Å². The zero-order valence-corrected chi connectivity index (χ0v) is 23.8. The number of urea groups is 1. The van der Waals surface area contributed by atoms with Crippen molar-refractivity contribution in [2.45, 2.75) is 36.9 Å². The molecule has 0 radical (unpaired) electrons. The Kier molecular flexibility index (Phi) is 8.75. The summed E-state index contributed by atoms with van der Waals surface area (Å²) >= 11 is 6.51. The van der Waals surface area contributed by atoms with Crippen LogP contribution in [0.4, 0.5) is 29.5 Å². The van der Waals surface area contributed by atoms with Crippen molar-refractivity contribution in [2.75, 3.05) is 29.5 Å². The van der Waals surface area contributed by atoms with Crippen molar-refractivity contribution in [1.29, 1.82) is 5.26 Å². The fraction of sp³-hybridized carbons (Fsp3) is 0.300. The first-order chi connectivity index (χ1) is 21.0. The van der Waals surface area contributed by atoms with E-state index in [0.717, 1.165) is 21.9 Å². The van der Waals surface area contributed by atoms with Crippen molar-refractivity contribution < 1.29 is 32.7 Å². The maximum absolute atomic E-state index is 14.7. The van der Waals surface area contributed by atoms with Gasteiger partial charge in [-0.1, -0.05) is 35.9 Å². The molecule has 2 fully saturated rings. The van der Waals surface area contributed by atoms with Crippen LogP contribution in [-0.2, 0) is 9.59 Å². The molecule has 2 heterocycles. The van der Waals surface area contributed by atoms with Gasteiger partial charge in [-0.05, 0) is 36.4 Å². The first-order valence-electron chi connectivity index (χ1n) is 13.6. The number of nitrogens with zero attached hydrogens (tertiary/aromatic N) is 5. The van der Waals surface area contributed by atoms with Gasteiger partial charge in [-0.15, -0.1) is 0 Å². The molecule has 4 amide bonds. The minimum atomic E-state index is -2.94. The lowest BCUT2D eigenvalue weighted by atomic mass is 9.87. The third-order valence-electron chi connectivity index (χ3n) is 7.42. The van der Waals surface area contributed by atoms with E-state index in [1.165, 1.54) is 47.5 Å². The lowest BCUT2D eigenvalue weighted by Gasteiger charge is -2.39. The molecule has 44 heavy (non-hydrogen) atoms. The van der Waals surface area contributed by atoms with E-state index in [4.69, 9.17) is 11.6 Å². The second-order valence-electron chi connectivity index (χ2n) is 10.4. The molecule has 2 aromatic carbocycles. The Balaban J connectivity index is 1.64. The Hall–Kier alpha value is -4.67. The number of aliphatic hydroxyl groups is 1. The highest BCUT2D eigenvalue weighted by molar-refractivity contribution is 6.31. The Morgan fingerprint density at radius 2 is 1.93 bits per heavy atom. The standard InChI is InChI=1S/C30H26ClF3N6O4/c31-23-7-2-1-6-22(23)26(27(42)37-20-14-30(33,34)15-20)39(21-5-3-4-19(32)13-21)28(43)24-17-38(10-11-41)29(44)40(24)25-12-18(16-35)8-9-36-25/h1-9,12-13,20,24,26,41H,10-11,14-15,17H2,(H,37,42). The molecule has 2 atom stereocenters. The van der Waals surface area contributed by atoms with Gasteiger partial charge in [0, 0.05) is 47.9 Å². The third kappa shape index (κ3) is 6.17. The van der Waals surface area contributed by atoms with Crippen LogP contribution >= 0.6 is 11.6 Å². The Labute approximate surface area is 255 Å². The predicted molar refractivity (Wildman–Crippen MR) is 153 cm³/mol. The summed E-state index contributed by atoms with van der Waals surface area (Å²) in [5.41, 5.74) is 0.214. The number of nitrogens with one attached hydrogen (secondary N) is 1. The van der Waals surface area contributed by atoms with Gasteiger partial charge in [0.25, 0.3) is 11.8 Å². The number of carbonyl (C=O) groups is 3. The van der Waals surface area contributed by atoms with Gasteiger partial charge in [-0.3, -0.25) is 19.4 Å². The maximum atomic E-state index is 14.7. The van der Waals surface area contributed by atoms with Crippen molar-refractivity contribution in [3.63, 3.8) is 0 Å². The van der Waals surface area contributed by atoms with E-state index in [1.807, 2.05) is 6.07 Å². The molecule has 2 aliphatic rings. The van der Waals surface area contributed by atoms with Crippen molar-refractivity contribution >= 4 is 41.0 Å². The van der Waals surface area contributed by atoms with E-state index in [9.17, 15) is 37.9 Å². The van der Waals surface area contributed by atoms with Crippen molar-refractivity contribution in [1.82, 2.24) is 15.2 Å². The summed E-state index contributed by atoms with van der Waals surface area (Å²) in [5.74, 6) is -5.41. The number of alkyl halides is 2. The zero-order chi connectivity index (χ0) is 31.6. The number of pyridine rings is 1. The second kappa shape index (κ2) is 12.5. The molecule has 1 aliphatic carbocycles. The molecule has 3 aromatic rings. The Morgan fingerprint density at radius 1 is 1.18 bits per heavy atom. The van der Waals surface area contributed by atoms with E-state index in [1.54, 1.807) is 12.1 Å². The molecule has 1 aliphatic heterocycles. The summed E-state index contributed by atoms with van der Waals surface area (Å²) < 4.78 is 41.9. The number of carbonyl (C=O) groups excluding carboxylic acids is 3. The molecular formula is C30H26ClF3N6O4. The van der Waals surface area contributed by atoms with Crippen LogP contribution in [-0.4, -0.2) is 70.5 Å². The molecule has 2 unspecified atom stereocenters. The van der Waals surface area contributed by atoms with Crippen molar-refractivity contribution in [3.05, 3.63) is 88.8 Å². The number of aliphatic hydroxyl groups excluding tert-OH is 1. The van der Waals surface area contributed by atoms with E-state index >= 15 is 0 Å². The van der Waals surface area contributed by atoms with Gasteiger partial charge in [0.15, 0.2) is 0 Å². The van der Waals surface area contributed by atoms with Crippen LogP contribution in [0.1, 0.15) is 30.0 Å². The molecule has 2 N–H and O–H groups in total. The number of anilines is 2. The minimum Gasteiger partial charge on any atom is -0.395 e. The first-order valence-corrected chi connectivity index (χ1v) is 14.0. The van der Waals surface area contributed by atoms with Crippen LogP contribution in [0.3, 0.4) is 0 Å². The molecular weight excluding hydrogens is 601 g/mol. The SMILES string of the molecule is N#Cc1ccnc(N2C(=O)N(CCO)CC2C(=O)N(c2cccc(F)c2)C(C(=O)NC2CC(F)(F)C2)c2ccccc2Cl)c1. The second-order valence-corrected chi connectivity index (χ2v) is 10.8. The number of amides is 4. The van der Waals surface area contributed by atoms with Crippen molar-refractivity contribution in [2.24, 2.45) is 0 Å². The van der Waals surface area contributed by atoms with E-state index in [-0.39, 0.29) is 40.7 Å². The van der Waals surface area contributed by atoms with Crippen LogP contribution in [0.25, 0.3) is 0 Å². The van der Waals surface area contributed by atoms with Crippen LogP contribution in [0.2, 0.25) is 5.02 Å². The van der Waals surface area contributed by atoms with Gasteiger partial charge in [0.05, 0.1) is 24.8 Å². The summed E-state index contributed by atoms with van der Waals surface area (Å²) in [4.78, 5) is 49.5. The summed E-state index contributed by atoms with van der Waals surface area (Å²) in [6.45, 7) is -0.813. The number of β-amino-alcohol motifs (C(OH)–C–C–N with tert-alkyl or cyclic N) is 1. The summed E-state index contributed by atoms with van der Waals surface area (Å²) in [5, 5.41) is 21.6. The summed E-state index contributed by atoms with van der Waals surface area (Å²) in [6.07, 6.45) is 0.101. The van der Waals surface area contributed by atoms with Gasteiger partial charge in [0.1, 0.15) is 23.7 Å². The largest absolute Gasteiger partial charge is 0.395 e. The van der Waals surface area contributed by atoms with Gasteiger partial charge in [0.2, 0.25) is 5.91 Å². The lowest BCUT2D eigenvalue weighted by molar-refractivity contribution is -0.133. The molecule has 0 bridgehead atoms. The highest BCUT2D eigenvalue weighted by atomic mass is 35.5. The fourth-order valence-corrected chi connectivity index (χ4v) is 5.59. The van der Waals surface area contributed by atoms with E-state index in [2.05, 4.69) is 10.3 Å². The lowest BCUT2D eigenvalue weighted by Crippen LogP contribution is -2.56. The molecule has 1 saturated heterocycles. The predicted octanol–water partition coefficient (Wildman–Crippen LogP) is 4.04. The van der Waals surface area contributed by atoms with Gasteiger partial charge in [-0.25, -0.2) is 22.9 Å². The normalized spacial score (nSPS) is 18.4. The van der Waals surface area contributed by atoms with Crippen LogP contribution in [0.5, 0.6) is 0 Å². The average molecular weight is 627 g/mol. The molecule has 5 rings (SSSR count). The van der Waals surface area contributed by atoms with Gasteiger partial charge < -0.3 is 15.3 Å². The molecule has 1 aromatic heterocycles. The fourth-order valence-electron chi connectivity index (χ4n) is 5.36. The minimum absolute atomic E-state index is 0.0394. The van der Waals surface area contributed by atoms with Crippen LogP contribution in [0, 0.1) is 17.1 Å². The zero-order valence-electron chi connectivity index (χ0n) is 23.0. The number of hydrogen-bond donors (Lipinski definition) is 2. The monoisotopic (exact) mass is 626 g/mol. The molecule has 10 nitrogen and oxygen atoms in total. The average Bonchev–Trinajstić information content (AvgIpc) is 3.31. The number of benzene rings is 2. The molecule has 14 heteroatoms. The quantitative estimate of drug-likeness (QED) is 0.369. The van der Waals surface area contributed by atoms with Crippen molar-refractivity contribution in [3.8, 4) is 6.07 Å². The first kappa shape index (κ1) is 30.8. The topological polar surface area (TPSA) is 130 Å². The maximum Gasteiger partial charge on any atom is 0.326 e. The summed E-state index contributed by atoms with van der Waals surface area (Å²) in [6, 6.07) is 11.1. The highest BCUT2D eigenvalue weighted by Crippen LogP contribution is 2.39.